The van der Waals surface area contributed by atoms with Crippen molar-refractivity contribution in [3.8, 4) is 0 Å². The molecule has 5 heteroatoms. The summed E-state index contributed by atoms with van der Waals surface area (Å²) in [5.41, 5.74) is -0.411. The van der Waals surface area contributed by atoms with Crippen LogP contribution in [0.15, 0.2) is 48.5 Å². The maximum atomic E-state index is 13.8. The van der Waals surface area contributed by atoms with Crippen LogP contribution in [0.3, 0.4) is 0 Å². The largest absolute Gasteiger partial charge is 0.381 e. The molecule has 0 saturated carbocycles. The van der Waals surface area contributed by atoms with Crippen molar-refractivity contribution in [1.29, 1.82) is 0 Å². The van der Waals surface area contributed by atoms with Crippen molar-refractivity contribution in [1.82, 2.24) is 0 Å². The Balaban J connectivity index is 1.96. The van der Waals surface area contributed by atoms with E-state index in [1.54, 1.807) is 0 Å². The summed E-state index contributed by atoms with van der Waals surface area (Å²) < 4.78 is 33.0. The van der Waals surface area contributed by atoms with Crippen molar-refractivity contribution in [3.63, 3.8) is 0 Å². The third kappa shape index (κ3) is 2.97. The number of ether oxygens (including phenoxy) is 1. The van der Waals surface area contributed by atoms with Crippen LogP contribution in [0.2, 0.25) is 0 Å². The molecular weight excluding hydrogens is 300 g/mol. The van der Waals surface area contributed by atoms with E-state index in [0.717, 1.165) is 17.7 Å². The molecule has 0 aromatic heterocycles. The zero-order valence-electron chi connectivity index (χ0n) is 12.5. The van der Waals surface area contributed by atoms with Crippen LogP contribution in [0.5, 0.6) is 0 Å². The zero-order chi connectivity index (χ0) is 16.3. The Hall–Kier alpha value is -2.27. The molecule has 120 valence electrons. The molecule has 0 unspecified atom stereocenters. The summed E-state index contributed by atoms with van der Waals surface area (Å²) in [5, 5.41) is 2.44. The van der Waals surface area contributed by atoms with Gasteiger partial charge in [-0.3, -0.25) is 4.79 Å². The van der Waals surface area contributed by atoms with E-state index in [2.05, 4.69) is 5.32 Å². The molecule has 0 aliphatic carbocycles. The summed E-state index contributed by atoms with van der Waals surface area (Å²) in [6.07, 6.45) is 0.942. The van der Waals surface area contributed by atoms with Gasteiger partial charge in [-0.25, -0.2) is 8.78 Å². The van der Waals surface area contributed by atoms with Gasteiger partial charge in [-0.1, -0.05) is 36.4 Å². The van der Waals surface area contributed by atoms with E-state index in [0.29, 0.717) is 26.1 Å². The molecule has 3 nitrogen and oxygen atoms in total. The number of nitrogens with one attached hydrogen (secondary N) is 1. The second kappa shape index (κ2) is 6.46. The van der Waals surface area contributed by atoms with Gasteiger partial charge in [0.2, 0.25) is 5.91 Å². The predicted octanol–water partition coefficient (Wildman–Crippen LogP) is 3.65. The van der Waals surface area contributed by atoms with E-state index >= 15 is 0 Å². The predicted molar refractivity (Wildman–Crippen MR) is 83.2 cm³/mol. The van der Waals surface area contributed by atoms with E-state index in [1.165, 1.54) is 6.07 Å². The van der Waals surface area contributed by atoms with Crippen molar-refractivity contribution in [2.24, 2.45) is 0 Å². The molecule has 0 bridgehead atoms. The highest BCUT2D eigenvalue weighted by molar-refractivity contribution is 5.99. The number of rotatable bonds is 3. The Morgan fingerprint density at radius 3 is 2.17 bits per heavy atom. The molecule has 0 radical (unpaired) electrons. The van der Waals surface area contributed by atoms with Crippen LogP contribution in [0, 0.1) is 11.6 Å². The Bertz CT molecular complexity index is 677. The standard InChI is InChI=1S/C18H17F2NO2/c19-14-7-4-8-15(20)16(14)21-17(22)18(9-11-23-12-10-18)13-5-2-1-3-6-13/h1-8H,9-12H2,(H,21,22). The van der Waals surface area contributed by atoms with Crippen LogP contribution in [0.4, 0.5) is 14.5 Å². The Morgan fingerprint density at radius 1 is 0.957 bits per heavy atom. The topological polar surface area (TPSA) is 38.3 Å². The quantitative estimate of drug-likeness (QED) is 0.938. The molecule has 1 heterocycles. The lowest BCUT2D eigenvalue weighted by Crippen LogP contribution is -2.45. The Kier molecular flexibility index (Phi) is 4.39. The summed E-state index contributed by atoms with van der Waals surface area (Å²) in [5.74, 6) is -1.97. The molecule has 1 aliphatic rings. The molecule has 1 N–H and O–H groups in total. The van der Waals surface area contributed by atoms with Gasteiger partial charge in [0.1, 0.15) is 17.3 Å². The average molecular weight is 317 g/mol. The van der Waals surface area contributed by atoms with Crippen molar-refractivity contribution in [3.05, 3.63) is 65.7 Å². The minimum atomic E-state index is -0.839. The summed E-state index contributed by atoms with van der Waals surface area (Å²) in [7, 11) is 0. The number of amides is 1. The fourth-order valence-electron chi connectivity index (χ4n) is 2.97. The van der Waals surface area contributed by atoms with Gasteiger partial charge in [0, 0.05) is 13.2 Å². The van der Waals surface area contributed by atoms with Gasteiger partial charge >= 0.3 is 0 Å². The first kappa shape index (κ1) is 15.6. The number of carbonyl (C=O) groups is 1. The van der Waals surface area contributed by atoms with Gasteiger partial charge in [0.15, 0.2) is 0 Å². The fourth-order valence-corrected chi connectivity index (χ4v) is 2.97. The van der Waals surface area contributed by atoms with E-state index in [1.807, 2.05) is 30.3 Å². The van der Waals surface area contributed by atoms with Crippen LogP contribution in [-0.4, -0.2) is 19.1 Å². The smallest absolute Gasteiger partial charge is 0.235 e. The van der Waals surface area contributed by atoms with Gasteiger partial charge in [-0.2, -0.15) is 0 Å². The van der Waals surface area contributed by atoms with Crippen LogP contribution in [0.25, 0.3) is 0 Å². The monoisotopic (exact) mass is 317 g/mol. The lowest BCUT2D eigenvalue weighted by molar-refractivity contribution is -0.125. The number of hydrogen-bond acceptors (Lipinski definition) is 2. The van der Waals surface area contributed by atoms with Gasteiger partial charge in [-0.15, -0.1) is 0 Å². The molecule has 3 rings (SSSR count). The van der Waals surface area contributed by atoms with E-state index in [9.17, 15) is 13.6 Å². The van der Waals surface area contributed by atoms with Crippen LogP contribution >= 0.6 is 0 Å². The normalized spacial score (nSPS) is 16.8. The third-order valence-electron chi connectivity index (χ3n) is 4.31. The average Bonchev–Trinajstić information content (AvgIpc) is 2.59. The molecule has 0 spiro atoms. The van der Waals surface area contributed by atoms with E-state index in [4.69, 9.17) is 4.74 Å². The van der Waals surface area contributed by atoms with Crippen LogP contribution < -0.4 is 5.32 Å². The van der Waals surface area contributed by atoms with Crippen LogP contribution in [0.1, 0.15) is 18.4 Å². The van der Waals surface area contributed by atoms with Crippen molar-refractivity contribution in [2.45, 2.75) is 18.3 Å². The first-order chi connectivity index (χ1) is 11.1. The lowest BCUT2D eigenvalue weighted by atomic mass is 9.73. The third-order valence-corrected chi connectivity index (χ3v) is 4.31. The first-order valence-corrected chi connectivity index (χ1v) is 7.52. The van der Waals surface area contributed by atoms with Crippen molar-refractivity contribution >= 4 is 11.6 Å². The molecule has 1 saturated heterocycles. The van der Waals surface area contributed by atoms with Crippen molar-refractivity contribution < 1.29 is 18.3 Å². The highest BCUT2D eigenvalue weighted by atomic mass is 19.1. The maximum Gasteiger partial charge on any atom is 0.235 e. The summed E-state index contributed by atoms with van der Waals surface area (Å²) in [4.78, 5) is 12.9. The number of hydrogen-bond donors (Lipinski definition) is 1. The SMILES string of the molecule is O=C(Nc1c(F)cccc1F)C1(c2ccccc2)CCOCC1. The van der Waals surface area contributed by atoms with Gasteiger partial charge in [0.25, 0.3) is 0 Å². The number of benzene rings is 2. The first-order valence-electron chi connectivity index (χ1n) is 7.52. The molecule has 1 aliphatic heterocycles. The highest BCUT2D eigenvalue weighted by Crippen LogP contribution is 2.36. The van der Waals surface area contributed by atoms with Gasteiger partial charge in [0.05, 0.1) is 5.41 Å². The summed E-state index contributed by atoms with van der Waals surface area (Å²) in [6, 6.07) is 12.8. The van der Waals surface area contributed by atoms with Gasteiger partial charge in [-0.05, 0) is 30.5 Å². The number of carbonyl (C=O) groups excluding carboxylic acids is 1. The maximum absolute atomic E-state index is 13.8. The van der Waals surface area contributed by atoms with Gasteiger partial charge < -0.3 is 10.1 Å². The molecule has 23 heavy (non-hydrogen) atoms. The second-order valence-electron chi connectivity index (χ2n) is 5.61. The molecule has 1 fully saturated rings. The van der Waals surface area contributed by atoms with Crippen LogP contribution in [-0.2, 0) is 14.9 Å². The molecular formula is C18H17F2NO2. The second-order valence-corrected chi connectivity index (χ2v) is 5.61. The molecule has 2 aromatic rings. The highest BCUT2D eigenvalue weighted by Gasteiger charge is 2.42. The molecule has 1 amide bonds. The van der Waals surface area contributed by atoms with E-state index in [-0.39, 0.29) is 0 Å². The fraction of sp³-hybridized carbons (Fsp3) is 0.278. The minimum absolute atomic E-state index is 0.403. The minimum Gasteiger partial charge on any atom is -0.381 e. The summed E-state index contributed by atoms with van der Waals surface area (Å²) in [6.45, 7) is 0.865. The number of anilines is 1. The number of halogens is 2. The Morgan fingerprint density at radius 2 is 1.57 bits per heavy atom. The molecule has 0 atom stereocenters. The van der Waals surface area contributed by atoms with E-state index < -0.39 is 28.6 Å². The lowest BCUT2D eigenvalue weighted by Gasteiger charge is -2.36. The summed E-state index contributed by atoms with van der Waals surface area (Å²) >= 11 is 0. The number of para-hydroxylation sites is 1. The Labute approximate surface area is 133 Å². The van der Waals surface area contributed by atoms with Crippen molar-refractivity contribution in [2.75, 3.05) is 18.5 Å². The molecule has 2 aromatic carbocycles. The zero-order valence-corrected chi connectivity index (χ0v) is 12.5.